The molecule has 0 aromatic carbocycles. The van der Waals surface area contributed by atoms with E-state index in [0.29, 0.717) is 6.42 Å². The van der Waals surface area contributed by atoms with Gasteiger partial charge >= 0.3 is 5.97 Å². The van der Waals surface area contributed by atoms with E-state index in [2.05, 4.69) is 48.0 Å². The third-order valence-corrected chi connectivity index (χ3v) is 8.71. The number of hydrogen-bond acceptors (Lipinski definition) is 4. The van der Waals surface area contributed by atoms with Crippen molar-refractivity contribution in [1.29, 1.82) is 0 Å². The standard InChI is InChI=1S/C22H42N2O.C18H34O2/c1-2-3-4-5-6-7-8-9-10-11-12-13-14-15-16-17-22-23-18-19-24(22)20-21-25;1-2-3-4-5-6-7-8-9-10-11-12-13-14-15-16-17-18(19)20/h9-10,25H,2-8,11-21H2,1H3;9-10H,2-8,11-17H2,1H3,(H,19,20)/b10-9+;10-9-. The van der Waals surface area contributed by atoms with Gasteiger partial charge in [0.05, 0.1) is 19.0 Å². The topological polar surface area (TPSA) is 73.1 Å². The van der Waals surface area contributed by atoms with Crippen molar-refractivity contribution in [3.63, 3.8) is 0 Å². The van der Waals surface area contributed by atoms with Crippen LogP contribution in [0.1, 0.15) is 194 Å². The number of rotatable bonds is 32. The van der Waals surface area contributed by atoms with Crippen molar-refractivity contribution in [3.05, 3.63) is 24.3 Å². The second-order valence-electron chi connectivity index (χ2n) is 13.1. The molecule has 1 rings (SSSR count). The van der Waals surface area contributed by atoms with E-state index < -0.39 is 5.97 Å². The molecule has 5 heteroatoms. The van der Waals surface area contributed by atoms with Gasteiger partial charge in [-0.25, -0.2) is 0 Å². The lowest BCUT2D eigenvalue weighted by molar-refractivity contribution is -0.137. The first-order valence-electron chi connectivity index (χ1n) is 19.6. The number of carbonyl (C=O) groups is 1. The number of aliphatic hydroxyl groups is 1. The van der Waals surface area contributed by atoms with Gasteiger partial charge < -0.3 is 15.1 Å². The highest BCUT2D eigenvalue weighted by molar-refractivity contribution is 5.83. The first-order valence-corrected chi connectivity index (χ1v) is 19.6. The van der Waals surface area contributed by atoms with Crippen LogP contribution < -0.4 is 0 Å². The minimum Gasteiger partial charge on any atom is -0.481 e. The number of amidine groups is 1. The lowest BCUT2D eigenvalue weighted by Crippen LogP contribution is -2.30. The van der Waals surface area contributed by atoms with Crippen LogP contribution in [0, 0.1) is 0 Å². The van der Waals surface area contributed by atoms with Crippen molar-refractivity contribution in [2.45, 2.75) is 194 Å². The summed E-state index contributed by atoms with van der Waals surface area (Å²) in [4.78, 5) is 17.1. The summed E-state index contributed by atoms with van der Waals surface area (Å²) in [6, 6.07) is 0. The Morgan fingerprint density at radius 3 is 1.44 bits per heavy atom. The molecular formula is C40H76N2O3. The first kappa shape index (κ1) is 43.4. The molecule has 0 aromatic heterocycles. The average Bonchev–Trinajstić information content (AvgIpc) is 3.48. The van der Waals surface area contributed by atoms with E-state index in [1.165, 1.54) is 160 Å². The van der Waals surface area contributed by atoms with Crippen LogP contribution in [0.15, 0.2) is 29.3 Å². The molecule has 0 atom stereocenters. The molecule has 0 aromatic rings. The van der Waals surface area contributed by atoms with Gasteiger partial charge in [-0.05, 0) is 64.2 Å². The molecule has 0 saturated carbocycles. The summed E-state index contributed by atoms with van der Waals surface area (Å²) >= 11 is 0. The quantitative estimate of drug-likeness (QED) is 0.0571. The summed E-state index contributed by atoms with van der Waals surface area (Å²) < 4.78 is 0. The van der Waals surface area contributed by atoms with Gasteiger partial charge in [-0.1, -0.05) is 141 Å². The van der Waals surface area contributed by atoms with Crippen LogP contribution in [0.3, 0.4) is 0 Å². The number of aliphatic hydroxyl groups excluding tert-OH is 1. The number of allylic oxidation sites excluding steroid dienone is 4. The zero-order valence-electron chi connectivity index (χ0n) is 30.1. The normalized spacial score (nSPS) is 13.1. The molecule has 5 nitrogen and oxygen atoms in total. The number of aliphatic imine (C=N–C) groups is 1. The van der Waals surface area contributed by atoms with Crippen LogP contribution in [0.25, 0.3) is 0 Å². The van der Waals surface area contributed by atoms with E-state index in [-0.39, 0.29) is 6.61 Å². The Kier molecular flexibility index (Phi) is 35.5. The maximum absolute atomic E-state index is 10.3. The van der Waals surface area contributed by atoms with Gasteiger partial charge in [-0.3, -0.25) is 9.79 Å². The van der Waals surface area contributed by atoms with Gasteiger partial charge in [0.25, 0.3) is 0 Å². The van der Waals surface area contributed by atoms with E-state index in [9.17, 15) is 4.79 Å². The van der Waals surface area contributed by atoms with Gasteiger partial charge in [0.2, 0.25) is 0 Å². The fourth-order valence-corrected chi connectivity index (χ4v) is 5.83. The van der Waals surface area contributed by atoms with Crippen LogP contribution in [-0.2, 0) is 4.79 Å². The summed E-state index contributed by atoms with van der Waals surface area (Å²) in [7, 11) is 0. The molecule has 0 aliphatic carbocycles. The third-order valence-electron chi connectivity index (χ3n) is 8.71. The lowest BCUT2D eigenvalue weighted by Gasteiger charge is -2.18. The molecule has 2 N–H and O–H groups in total. The maximum atomic E-state index is 10.3. The van der Waals surface area contributed by atoms with Crippen LogP contribution >= 0.6 is 0 Å². The summed E-state index contributed by atoms with van der Waals surface area (Å²) in [6.07, 6.45) is 44.6. The third kappa shape index (κ3) is 33.6. The number of carboxylic acid groups (broad SMARTS) is 1. The molecule has 264 valence electrons. The number of β-amino-alcohol motifs (C(OH)–C–C–N with tert-alkyl or cyclic N) is 1. The van der Waals surface area contributed by atoms with Gasteiger partial charge in [-0.2, -0.15) is 0 Å². The second kappa shape index (κ2) is 36.8. The van der Waals surface area contributed by atoms with E-state index in [1.807, 2.05) is 0 Å². The Bertz CT molecular complexity index is 704. The monoisotopic (exact) mass is 633 g/mol. The van der Waals surface area contributed by atoms with Crippen molar-refractivity contribution < 1.29 is 15.0 Å². The molecule has 0 bridgehead atoms. The van der Waals surface area contributed by atoms with Crippen molar-refractivity contribution in [3.8, 4) is 0 Å². The fraction of sp³-hybridized carbons (Fsp3) is 0.850. The highest BCUT2D eigenvalue weighted by Crippen LogP contribution is 2.13. The number of aliphatic carboxylic acids is 1. The minimum atomic E-state index is -0.664. The van der Waals surface area contributed by atoms with E-state index in [4.69, 9.17) is 10.2 Å². The van der Waals surface area contributed by atoms with Crippen molar-refractivity contribution in [2.24, 2.45) is 4.99 Å². The SMILES string of the molecule is CCCCCCCC/C=C/CCCCCCCC1=NCCN1CCO.CCCCCCCC/C=C\CCCCCCCC(=O)O. The Morgan fingerprint density at radius 1 is 0.622 bits per heavy atom. The van der Waals surface area contributed by atoms with Gasteiger partial charge in [0.1, 0.15) is 0 Å². The molecule has 0 unspecified atom stereocenters. The minimum absolute atomic E-state index is 0.241. The molecule has 0 saturated heterocycles. The number of nitrogens with zero attached hydrogens (tertiary/aromatic N) is 2. The van der Waals surface area contributed by atoms with Crippen LogP contribution in [0.4, 0.5) is 0 Å². The highest BCUT2D eigenvalue weighted by atomic mass is 16.4. The molecule has 45 heavy (non-hydrogen) atoms. The van der Waals surface area contributed by atoms with Crippen LogP contribution in [-0.4, -0.2) is 53.2 Å². The molecule has 1 aliphatic rings. The van der Waals surface area contributed by atoms with Crippen LogP contribution in [0.5, 0.6) is 0 Å². The Morgan fingerprint density at radius 2 is 1.02 bits per heavy atom. The largest absolute Gasteiger partial charge is 0.481 e. The molecular weight excluding hydrogens is 556 g/mol. The molecule has 1 heterocycles. The van der Waals surface area contributed by atoms with Gasteiger partial charge in [-0.15, -0.1) is 0 Å². The number of unbranched alkanes of at least 4 members (excludes halogenated alkanes) is 22. The lowest BCUT2D eigenvalue weighted by atomic mass is 10.1. The summed E-state index contributed by atoms with van der Waals surface area (Å²) in [5.74, 6) is 0.564. The van der Waals surface area contributed by atoms with E-state index in [1.54, 1.807) is 0 Å². The maximum Gasteiger partial charge on any atom is 0.303 e. The molecule has 0 amide bonds. The van der Waals surface area contributed by atoms with E-state index in [0.717, 1.165) is 38.9 Å². The van der Waals surface area contributed by atoms with Gasteiger partial charge in [0, 0.05) is 25.9 Å². The Labute approximate surface area is 280 Å². The second-order valence-corrected chi connectivity index (χ2v) is 13.1. The predicted octanol–water partition coefficient (Wildman–Crippen LogP) is 11.8. The summed E-state index contributed by atoms with van der Waals surface area (Å²) in [6.45, 7) is 7.45. The van der Waals surface area contributed by atoms with Crippen molar-refractivity contribution >= 4 is 11.8 Å². The fourth-order valence-electron chi connectivity index (χ4n) is 5.83. The first-order chi connectivity index (χ1) is 22.2. The van der Waals surface area contributed by atoms with Crippen LogP contribution in [0.2, 0.25) is 0 Å². The summed E-state index contributed by atoms with van der Waals surface area (Å²) in [5.41, 5.74) is 0. The number of carboxylic acids is 1. The average molecular weight is 633 g/mol. The molecule has 0 spiro atoms. The number of hydrogen-bond donors (Lipinski definition) is 2. The smallest absolute Gasteiger partial charge is 0.303 e. The highest BCUT2D eigenvalue weighted by Gasteiger charge is 2.15. The Balaban J connectivity index is 0.000000884. The van der Waals surface area contributed by atoms with Crippen molar-refractivity contribution in [1.82, 2.24) is 4.90 Å². The van der Waals surface area contributed by atoms with Gasteiger partial charge in [0.15, 0.2) is 0 Å². The molecule has 0 radical (unpaired) electrons. The zero-order chi connectivity index (χ0) is 32.9. The Hall–Kier alpha value is -1.62. The van der Waals surface area contributed by atoms with E-state index >= 15 is 0 Å². The molecule has 0 fully saturated rings. The van der Waals surface area contributed by atoms with Crippen molar-refractivity contribution in [2.75, 3.05) is 26.2 Å². The zero-order valence-corrected chi connectivity index (χ0v) is 30.1. The molecule has 1 aliphatic heterocycles. The summed E-state index contributed by atoms with van der Waals surface area (Å²) in [5, 5.41) is 17.6. The predicted molar refractivity (Wildman–Crippen MR) is 198 cm³/mol.